The number of nitrogens with one attached hydrogen (secondary N) is 1. The van der Waals surface area contributed by atoms with Crippen molar-refractivity contribution in [3.63, 3.8) is 0 Å². The second kappa shape index (κ2) is 9.06. The Kier molecular flexibility index (Phi) is 5.67. The van der Waals surface area contributed by atoms with Crippen LogP contribution < -0.4 is 5.32 Å². The molecule has 0 saturated carbocycles. The molecular formula is C30H24N2O6. The monoisotopic (exact) mass is 508 g/mol. The number of nitrogens with zero attached hydrogens (tertiary/aromatic N) is 1. The first-order chi connectivity index (χ1) is 18.3. The number of rotatable bonds is 6. The Hall–Kier alpha value is -4.59. The van der Waals surface area contributed by atoms with E-state index in [-0.39, 0.29) is 29.4 Å². The lowest BCUT2D eigenvalue weighted by Crippen LogP contribution is -2.41. The van der Waals surface area contributed by atoms with E-state index in [1.165, 1.54) is 13.0 Å². The number of hydrogen-bond acceptors (Lipinski definition) is 6. The van der Waals surface area contributed by atoms with Crippen molar-refractivity contribution in [1.29, 1.82) is 0 Å². The van der Waals surface area contributed by atoms with Crippen LogP contribution in [-0.2, 0) is 23.9 Å². The highest BCUT2D eigenvalue weighted by Crippen LogP contribution is 2.60. The fourth-order valence-corrected chi connectivity index (χ4v) is 6.23. The number of amides is 3. The minimum atomic E-state index is -0.847. The number of ketones is 1. The molecule has 1 heterocycles. The molecule has 3 aromatic rings. The summed E-state index contributed by atoms with van der Waals surface area (Å²) < 4.78 is 5.09. The van der Waals surface area contributed by atoms with Crippen molar-refractivity contribution in [1.82, 2.24) is 4.90 Å². The Balaban J connectivity index is 1.16. The van der Waals surface area contributed by atoms with Gasteiger partial charge in [-0.25, -0.2) is 0 Å². The second-order valence-electron chi connectivity index (χ2n) is 9.87. The van der Waals surface area contributed by atoms with E-state index in [0.717, 1.165) is 27.2 Å². The molecule has 8 nitrogen and oxygen atoms in total. The molecule has 8 heteroatoms. The smallest absolute Gasteiger partial charge is 0.326 e. The van der Waals surface area contributed by atoms with Crippen molar-refractivity contribution in [2.24, 2.45) is 11.8 Å². The third-order valence-electron chi connectivity index (χ3n) is 7.74. The van der Waals surface area contributed by atoms with Gasteiger partial charge < -0.3 is 10.1 Å². The number of Topliss-reactive ketones (excluding diaryl/α,β-unsaturated/α-hetero) is 1. The third-order valence-corrected chi connectivity index (χ3v) is 7.74. The van der Waals surface area contributed by atoms with E-state index >= 15 is 0 Å². The molecule has 0 radical (unpaired) electrons. The predicted molar refractivity (Wildman–Crippen MR) is 136 cm³/mol. The van der Waals surface area contributed by atoms with E-state index in [9.17, 15) is 24.0 Å². The Morgan fingerprint density at radius 1 is 0.789 bits per heavy atom. The second-order valence-corrected chi connectivity index (χ2v) is 9.87. The first-order valence-electron chi connectivity index (χ1n) is 12.4. The summed E-state index contributed by atoms with van der Waals surface area (Å²) in [7, 11) is 0. The van der Waals surface area contributed by atoms with Gasteiger partial charge in [-0.1, -0.05) is 60.7 Å². The average Bonchev–Trinajstić information content (AvgIpc) is 3.17. The number of benzene rings is 3. The zero-order valence-electron chi connectivity index (χ0n) is 20.5. The Morgan fingerprint density at radius 2 is 1.32 bits per heavy atom. The lowest BCUT2D eigenvalue weighted by Gasteiger charge is -2.45. The van der Waals surface area contributed by atoms with E-state index < -0.39 is 36.9 Å². The largest absolute Gasteiger partial charge is 0.454 e. The zero-order valence-corrected chi connectivity index (χ0v) is 20.5. The number of carbonyl (C=O) groups is 5. The van der Waals surface area contributed by atoms with Crippen LogP contribution >= 0.6 is 0 Å². The summed E-state index contributed by atoms with van der Waals surface area (Å²) in [6.07, 6.45) is 0. The van der Waals surface area contributed by atoms with Gasteiger partial charge in [-0.05, 0) is 41.3 Å². The summed E-state index contributed by atoms with van der Waals surface area (Å²) in [5.41, 5.74) is 5.03. The lowest BCUT2D eigenvalue weighted by atomic mass is 9.55. The Morgan fingerprint density at radius 3 is 1.82 bits per heavy atom. The van der Waals surface area contributed by atoms with Crippen molar-refractivity contribution < 1.29 is 28.7 Å². The SMILES string of the molecule is CC(=O)c1cccc(NC(=O)COC(=O)CN2C(=O)[C@@H]3C4c5ccccc5C(c5ccccc54)[C@H]3C2=O)c1. The number of carbonyl (C=O) groups excluding carboxylic acids is 5. The molecule has 3 aromatic carbocycles. The number of esters is 1. The summed E-state index contributed by atoms with van der Waals surface area (Å²) >= 11 is 0. The summed E-state index contributed by atoms with van der Waals surface area (Å²) in [4.78, 5) is 64.5. The van der Waals surface area contributed by atoms with Gasteiger partial charge in [-0.15, -0.1) is 0 Å². The molecule has 0 aromatic heterocycles. The van der Waals surface area contributed by atoms with Crippen molar-refractivity contribution >= 4 is 35.2 Å². The lowest BCUT2D eigenvalue weighted by molar-refractivity contribution is -0.154. The van der Waals surface area contributed by atoms with Gasteiger partial charge in [0.1, 0.15) is 6.54 Å². The summed E-state index contributed by atoms with van der Waals surface area (Å²) in [5, 5.41) is 2.57. The van der Waals surface area contributed by atoms with Gasteiger partial charge in [0, 0.05) is 23.1 Å². The molecule has 2 bridgehead atoms. The molecular weight excluding hydrogens is 484 g/mol. The van der Waals surface area contributed by atoms with Gasteiger partial charge >= 0.3 is 5.97 Å². The van der Waals surface area contributed by atoms with Gasteiger partial charge in [0.2, 0.25) is 11.8 Å². The van der Waals surface area contributed by atoms with Crippen molar-refractivity contribution in [2.75, 3.05) is 18.5 Å². The molecule has 190 valence electrons. The van der Waals surface area contributed by atoms with Crippen LogP contribution in [0.15, 0.2) is 72.8 Å². The molecule has 1 fully saturated rings. The van der Waals surface area contributed by atoms with Crippen LogP contribution in [0.3, 0.4) is 0 Å². The normalized spacial score (nSPS) is 22.4. The van der Waals surface area contributed by atoms with Gasteiger partial charge in [0.05, 0.1) is 11.8 Å². The highest BCUT2D eigenvalue weighted by Gasteiger charge is 2.61. The van der Waals surface area contributed by atoms with Gasteiger partial charge in [-0.3, -0.25) is 28.9 Å². The fraction of sp³-hybridized carbons (Fsp3) is 0.233. The first kappa shape index (κ1) is 23.8. The summed E-state index contributed by atoms with van der Waals surface area (Å²) in [5.74, 6) is -4.05. The van der Waals surface area contributed by atoms with E-state index in [4.69, 9.17) is 4.74 Å². The molecule has 0 unspecified atom stereocenters. The van der Waals surface area contributed by atoms with Gasteiger partial charge in [0.25, 0.3) is 5.91 Å². The highest BCUT2D eigenvalue weighted by atomic mass is 16.5. The molecule has 3 aliphatic carbocycles. The van der Waals surface area contributed by atoms with Crippen molar-refractivity contribution in [3.05, 3.63) is 101 Å². The van der Waals surface area contributed by atoms with Crippen LogP contribution in [0.4, 0.5) is 5.69 Å². The van der Waals surface area contributed by atoms with Crippen LogP contribution in [0.25, 0.3) is 0 Å². The third kappa shape index (κ3) is 3.72. The van der Waals surface area contributed by atoms with Gasteiger partial charge in [-0.2, -0.15) is 0 Å². The number of likely N-dealkylation sites (tertiary alicyclic amines) is 1. The molecule has 3 amide bonds. The van der Waals surface area contributed by atoms with E-state index in [2.05, 4.69) is 5.32 Å². The quantitative estimate of drug-likeness (QED) is 0.311. The summed E-state index contributed by atoms with van der Waals surface area (Å²) in [6, 6.07) is 22.2. The Bertz CT molecular complexity index is 1410. The van der Waals surface area contributed by atoms with Crippen LogP contribution in [0.2, 0.25) is 0 Å². The molecule has 2 atom stereocenters. The first-order valence-corrected chi connectivity index (χ1v) is 12.4. The minimum absolute atomic E-state index is 0.146. The molecule has 1 aliphatic heterocycles. The summed E-state index contributed by atoms with van der Waals surface area (Å²) in [6.45, 7) is 0.279. The van der Waals surface area contributed by atoms with E-state index in [1.807, 2.05) is 48.5 Å². The van der Waals surface area contributed by atoms with Crippen LogP contribution in [0, 0.1) is 11.8 Å². The molecule has 38 heavy (non-hydrogen) atoms. The molecule has 0 spiro atoms. The molecule has 1 saturated heterocycles. The maximum Gasteiger partial charge on any atom is 0.326 e. The number of ether oxygens (including phenoxy) is 1. The van der Waals surface area contributed by atoms with Crippen LogP contribution in [0.1, 0.15) is 51.4 Å². The van der Waals surface area contributed by atoms with E-state index in [0.29, 0.717) is 11.3 Å². The molecule has 1 N–H and O–H groups in total. The van der Waals surface area contributed by atoms with Crippen LogP contribution in [0.5, 0.6) is 0 Å². The topological polar surface area (TPSA) is 110 Å². The Labute approximate surface area is 218 Å². The number of hydrogen-bond donors (Lipinski definition) is 1. The van der Waals surface area contributed by atoms with Crippen molar-refractivity contribution in [3.8, 4) is 0 Å². The standard InChI is InChI=1S/C30H24N2O6/c1-16(33)17-7-6-8-18(13-17)31-23(34)15-38-24(35)14-32-29(36)27-25-19-9-2-3-10-20(19)26(28(27)30(32)37)22-12-5-4-11-21(22)25/h2-13,25-28H,14-15H2,1H3,(H,31,34)/t25?,26?,27-,28-/m1/s1. The molecule has 7 rings (SSSR count). The zero-order chi connectivity index (χ0) is 26.6. The average molecular weight is 509 g/mol. The highest BCUT2D eigenvalue weighted by molar-refractivity contribution is 6.09. The maximum atomic E-state index is 13.6. The number of imide groups is 1. The minimum Gasteiger partial charge on any atom is -0.454 e. The maximum absolute atomic E-state index is 13.6. The predicted octanol–water partition coefficient (Wildman–Crippen LogP) is 3.26. The number of anilines is 1. The van der Waals surface area contributed by atoms with Crippen LogP contribution in [-0.4, -0.2) is 47.5 Å². The molecule has 4 aliphatic rings. The van der Waals surface area contributed by atoms with E-state index in [1.54, 1.807) is 18.2 Å². The fourth-order valence-electron chi connectivity index (χ4n) is 6.23. The van der Waals surface area contributed by atoms with Gasteiger partial charge in [0.15, 0.2) is 12.4 Å². The van der Waals surface area contributed by atoms with Crippen molar-refractivity contribution in [2.45, 2.75) is 18.8 Å².